The first kappa shape index (κ1) is 12.8. The minimum absolute atomic E-state index is 0.485. The Labute approximate surface area is 108 Å². The Kier molecular flexibility index (Phi) is 3.53. The predicted molar refractivity (Wildman–Crippen MR) is 72.5 cm³/mol. The first-order valence-corrected chi connectivity index (χ1v) is 6.21. The molecule has 1 N–H and O–H groups in total. The maximum atomic E-state index is 10.3. The highest BCUT2D eigenvalue weighted by Gasteiger charge is 2.14. The van der Waals surface area contributed by atoms with Crippen LogP contribution >= 0.6 is 0 Å². The molecule has 1 heterocycles. The molecule has 1 aromatic carbocycles. The molecule has 0 aliphatic rings. The summed E-state index contributed by atoms with van der Waals surface area (Å²) in [5.41, 5.74) is 5.64. The molecule has 1 unspecified atom stereocenters. The number of aromatic nitrogens is 2. The van der Waals surface area contributed by atoms with Crippen molar-refractivity contribution in [3.05, 3.63) is 52.3 Å². The van der Waals surface area contributed by atoms with Crippen molar-refractivity contribution in [2.45, 2.75) is 33.3 Å². The summed E-state index contributed by atoms with van der Waals surface area (Å²) in [6, 6.07) is 6.33. The quantitative estimate of drug-likeness (QED) is 0.901. The fourth-order valence-corrected chi connectivity index (χ4v) is 2.11. The molecule has 96 valence electrons. The highest BCUT2D eigenvalue weighted by molar-refractivity contribution is 5.31. The van der Waals surface area contributed by atoms with Gasteiger partial charge in [0.25, 0.3) is 0 Å². The Morgan fingerprint density at radius 1 is 1.22 bits per heavy atom. The lowest BCUT2D eigenvalue weighted by Gasteiger charge is -2.11. The lowest BCUT2D eigenvalue weighted by molar-refractivity contribution is 0.177. The van der Waals surface area contributed by atoms with Crippen LogP contribution in [0.15, 0.2) is 24.4 Å². The lowest BCUT2D eigenvalue weighted by Crippen LogP contribution is -2.04. The Bertz CT molecular complexity index is 558. The maximum Gasteiger partial charge on any atom is 0.0863 e. The molecule has 0 spiro atoms. The number of hydrogen-bond acceptors (Lipinski definition) is 2. The van der Waals surface area contributed by atoms with Crippen molar-refractivity contribution in [1.82, 2.24) is 9.78 Å². The van der Waals surface area contributed by atoms with E-state index in [9.17, 15) is 5.11 Å². The molecule has 0 amide bonds. The Balaban J connectivity index is 2.18. The van der Waals surface area contributed by atoms with Gasteiger partial charge in [0.2, 0.25) is 0 Å². The second kappa shape index (κ2) is 4.94. The summed E-state index contributed by atoms with van der Waals surface area (Å²) in [5, 5.41) is 14.4. The van der Waals surface area contributed by atoms with Gasteiger partial charge in [0, 0.05) is 24.7 Å². The van der Waals surface area contributed by atoms with Crippen LogP contribution in [0, 0.1) is 20.8 Å². The summed E-state index contributed by atoms with van der Waals surface area (Å²) in [7, 11) is 1.89. The van der Waals surface area contributed by atoms with Gasteiger partial charge in [-0.3, -0.25) is 4.68 Å². The molecule has 0 saturated heterocycles. The Morgan fingerprint density at radius 3 is 2.50 bits per heavy atom. The van der Waals surface area contributed by atoms with Crippen molar-refractivity contribution in [2.24, 2.45) is 7.05 Å². The van der Waals surface area contributed by atoms with Crippen molar-refractivity contribution < 1.29 is 5.11 Å². The molecule has 0 fully saturated rings. The van der Waals surface area contributed by atoms with Crippen LogP contribution in [0.5, 0.6) is 0 Å². The summed E-state index contributed by atoms with van der Waals surface area (Å²) < 4.78 is 1.79. The predicted octanol–water partition coefficient (Wildman–Crippen LogP) is 2.62. The molecule has 18 heavy (non-hydrogen) atoms. The van der Waals surface area contributed by atoms with Crippen LogP contribution in [0.3, 0.4) is 0 Å². The average molecular weight is 244 g/mol. The number of aryl methyl sites for hydroxylation is 3. The van der Waals surface area contributed by atoms with E-state index in [1.54, 1.807) is 10.9 Å². The molecule has 1 atom stereocenters. The summed E-state index contributed by atoms with van der Waals surface area (Å²) in [6.45, 7) is 6.17. The van der Waals surface area contributed by atoms with Gasteiger partial charge in [0.05, 0.1) is 12.3 Å². The largest absolute Gasteiger partial charge is 0.388 e. The van der Waals surface area contributed by atoms with E-state index in [1.165, 1.54) is 11.1 Å². The summed E-state index contributed by atoms with van der Waals surface area (Å²) >= 11 is 0. The molecule has 0 bridgehead atoms. The molecule has 3 heteroatoms. The molecule has 2 aromatic rings. The average Bonchev–Trinajstić information content (AvgIpc) is 2.65. The van der Waals surface area contributed by atoms with Crippen LogP contribution in [0.25, 0.3) is 0 Å². The van der Waals surface area contributed by atoms with Crippen molar-refractivity contribution in [2.75, 3.05) is 0 Å². The van der Waals surface area contributed by atoms with E-state index in [-0.39, 0.29) is 0 Å². The van der Waals surface area contributed by atoms with E-state index < -0.39 is 6.10 Å². The standard InChI is InChI=1S/C15H20N2O/c1-10-5-6-13(7-11(10)2)8-15(18)14-9-16-17(4)12(14)3/h5-7,9,15,18H,8H2,1-4H3. The van der Waals surface area contributed by atoms with Gasteiger partial charge in [0.1, 0.15) is 0 Å². The number of benzene rings is 1. The third kappa shape index (κ3) is 2.46. The Morgan fingerprint density at radius 2 is 1.94 bits per heavy atom. The third-order valence-electron chi connectivity index (χ3n) is 3.63. The molecular formula is C15H20N2O. The van der Waals surface area contributed by atoms with Gasteiger partial charge in [-0.2, -0.15) is 5.10 Å². The van der Waals surface area contributed by atoms with Gasteiger partial charge in [-0.05, 0) is 37.5 Å². The van der Waals surface area contributed by atoms with E-state index in [1.807, 2.05) is 14.0 Å². The zero-order valence-corrected chi connectivity index (χ0v) is 11.4. The van der Waals surface area contributed by atoms with Crippen LogP contribution in [-0.4, -0.2) is 14.9 Å². The van der Waals surface area contributed by atoms with Gasteiger partial charge in [-0.25, -0.2) is 0 Å². The topological polar surface area (TPSA) is 38.1 Å². The maximum absolute atomic E-state index is 10.3. The molecule has 3 nitrogen and oxygen atoms in total. The molecular weight excluding hydrogens is 224 g/mol. The minimum atomic E-state index is -0.485. The second-order valence-electron chi connectivity index (χ2n) is 4.95. The lowest BCUT2D eigenvalue weighted by atomic mass is 9.99. The number of nitrogens with zero attached hydrogens (tertiary/aromatic N) is 2. The van der Waals surface area contributed by atoms with Gasteiger partial charge in [-0.15, -0.1) is 0 Å². The molecule has 0 aliphatic carbocycles. The van der Waals surface area contributed by atoms with Crippen molar-refractivity contribution >= 4 is 0 Å². The first-order chi connectivity index (χ1) is 8.49. The van der Waals surface area contributed by atoms with E-state index in [0.29, 0.717) is 6.42 Å². The summed E-state index contributed by atoms with van der Waals surface area (Å²) in [6.07, 6.45) is 1.90. The van der Waals surface area contributed by atoms with Gasteiger partial charge in [-0.1, -0.05) is 18.2 Å². The zero-order chi connectivity index (χ0) is 13.3. The van der Waals surface area contributed by atoms with Crippen molar-refractivity contribution in [1.29, 1.82) is 0 Å². The van der Waals surface area contributed by atoms with Gasteiger partial charge < -0.3 is 5.11 Å². The van der Waals surface area contributed by atoms with Gasteiger partial charge in [0.15, 0.2) is 0 Å². The molecule has 0 aliphatic heterocycles. The van der Waals surface area contributed by atoms with Crippen LogP contribution in [-0.2, 0) is 13.5 Å². The molecule has 0 saturated carbocycles. The first-order valence-electron chi connectivity index (χ1n) is 6.21. The highest BCUT2D eigenvalue weighted by Crippen LogP contribution is 2.22. The van der Waals surface area contributed by atoms with E-state index in [0.717, 1.165) is 16.8 Å². The number of rotatable bonds is 3. The third-order valence-corrected chi connectivity index (χ3v) is 3.63. The smallest absolute Gasteiger partial charge is 0.0863 e. The van der Waals surface area contributed by atoms with Crippen molar-refractivity contribution in [3.63, 3.8) is 0 Å². The van der Waals surface area contributed by atoms with Crippen molar-refractivity contribution in [3.8, 4) is 0 Å². The number of aliphatic hydroxyl groups excluding tert-OH is 1. The molecule has 1 aromatic heterocycles. The summed E-state index contributed by atoms with van der Waals surface area (Å²) in [5.74, 6) is 0. The fourth-order valence-electron chi connectivity index (χ4n) is 2.11. The monoisotopic (exact) mass is 244 g/mol. The second-order valence-corrected chi connectivity index (χ2v) is 4.95. The summed E-state index contributed by atoms with van der Waals surface area (Å²) in [4.78, 5) is 0. The Hall–Kier alpha value is -1.61. The zero-order valence-electron chi connectivity index (χ0n) is 11.4. The number of aliphatic hydroxyl groups is 1. The molecule has 0 radical (unpaired) electrons. The molecule has 2 rings (SSSR count). The van der Waals surface area contributed by atoms with E-state index in [4.69, 9.17) is 0 Å². The SMILES string of the molecule is Cc1ccc(CC(O)c2cnn(C)c2C)cc1C. The fraction of sp³-hybridized carbons (Fsp3) is 0.400. The number of hydrogen-bond donors (Lipinski definition) is 1. The van der Waals surface area contributed by atoms with E-state index >= 15 is 0 Å². The highest BCUT2D eigenvalue weighted by atomic mass is 16.3. The van der Waals surface area contributed by atoms with Crippen LogP contribution < -0.4 is 0 Å². The minimum Gasteiger partial charge on any atom is -0.388 e. The normalized spacial score (nSPS) is 12.7. The van der Waals surface area contributed by atoms with Gasteiger partial charge >= 0.3 is 0 Å². The van der Waals surface area contributed by atoms with Crippen LogP contribution in [0.4, 0.5) is 0 Å². The van der Waals surface area contributed by atoms with Crippen LogP contribution in [0.2, 0.25) is 0 Å². The van der Waals surface area contributed by atoms with E-state index in [2.05, 4.69) is 37.1 Å². The van der Waals surface area contributed by atoms with Crippen LogP contribution in [0.1, 0.15) is 34.1 Å².